The zero-order chi connectivity index (χ0) is 44.3. The number of aliphatic hydroxyl groups excluding tert-OH is 1. The Morgan fingerprint density at radius 2 is 1.66 bits per heavy atom. The van der Waals surface area contributed by atoms with E-state index in [0.29, 0.717) is 53.1 Å². The van der Waals surface area contributed by atoms with Gasteiger partial charge in [-0.2, -0.15) is 9.65 Å². The number of carbonyl (C=O) groups excluding carboxylic acids is 4. The molecule has 1 aliphatic carbocycles. The Hall–Kier alpha value is -6.22. The second kappa shape index (κ2) is 16.7. The van der Waals surface area contributed by atoms with Crippen LogP contribution in [0.1, 0.15) is 99.3 Å². The highest BCUT2D eigenvalue weighted by atomic mass is 35.5. The molecule has 18 heteroatoms. The summed E-state index contributed by atoms with van der Waals surface area (Å²) in [5.41, 5.74) is 4.67. The number of amides is 4. The molecule has 7 heterocycles. The number of anilines is 4. The molecule has 0 radical (unpaired) electrons. The van der Waals surface area contributed by atoms with E-state index >= 15 is 4.39 Å². The maximum atomic E-state index is 15.4. The molecule has 16 nitrogen and oxygen atoms in total. The summed E-state index contributed by atoms with van der Waals surface area (Å²) in [5.74, 6) is -1.76. The summed E-state index contributed by atoms with van der Waals surface area (Å²) in [4.78, 5) is 72.6. The Morgan fingerprint density at radius 1 is 0.906 bits per heavy atom. The number of halogens is 2. The summed E-state index contributed by atoms with van der Waals surface area (Å²) in [5, 5.41) is 28.6. The van der Waals surface area contributed by atoms with E-state index in [-0.39, 0.29) is 41.6 Å². The number of aliphatic hydroxyl groups is 1. The average molecular weight is 888 g/mol. The lowest BCUT2D eigenvalue weighted by Crippen LogP contribution is -2.63. The maximum absolute atomic E-state index is 15.4. The van der Waals surface area contributed by atoms with Crippen molar-refractivity contribution in [3.8, 4) is 6.07 Å². The normalized spacial score (nSPS) is 22.4. The van der Waals surface area contributed by atoms with Crippen molar-refractivity contribution < 1.29 is 28.7 Å². The highest BCUT2D eigenvalue weighted by molar-refractivity contribution is 6.32. The number of hydrogen-bond acceptors (Lipinski definition) is 13. The van der Waals surface area contributed by atoms with Crippen LogP contribution in [0.3, 0.4) is 0 Å². The molecule has 64 heavy (non-hydrogen) atoms. The van der Waals surface area contributed by atoms with E-state index in [1.54, 1.807) is 30.3 Å². The molecule has 4 amide bonds. The van der Waals surface area contributed by atoms with Crippen LogP contribution in [0.4, 0.5) is 27.4 Å². The number of rotatable bonds is 8. The third-order valence-electron chi connectivity index (χ3n) is 14.2. The lowest BCUT2D eigenvalue weighted by molar-refractivity contribution is -0.129. The van der Waals surface area contributed by atoms with Gasteiger partial charge in [0.05, 0.1) is 45.6 Å². The van der Waals surface area contributed by atoms with Gasteiger partial charge in [-0.15, -0.1) is 0 Å². The molecule has 4 aromatic rings. The Bertz CT molecular complexity index is 2600. The quantitative estimate of drug-likeness (QED) is 0.141. The molecule has 2 aromatic heterocycles. The second-order valence-electron chi connectivity index (χ2n) is 18.0. The van der Waals surface area contributed by atoms with Crippen molar-refractivity contribution in [1.82, 2.24) is 35.4 Å². The van der Waals surface area contributed by atoms with Crippen molar-refractivity contribution in [2.75, 3.05) is 47.8 Å². The molecule has 2 atom stereocenters. The first-order valence-electron chi connectivity index (χ1n) is 22.0. The molecule has 0 bridgehead atoms. The van der Waals surface area contributed by atoms with E-state index in [1.165, 1.54) is 12.4 Å². The first-order valence-corrected chi connectivity index (χ1v) is 22.3. The van der Waals surface area contributed by atoms with Gasteiger partial charge >= 0.3 is 0 Å². The molecule has 2 unspecified atom stereocenters. The molecule has 1 saturated carbocycles. The molecule has 10 rings (SSSR count). The van der Waals surface area contributed by atoms with Crippen LogP contribution in [-0.2, 0) is 17.8 Å². The van der Waals surface area contributed by atoms with Crippen LogP contribution >= 0.6 is 11.6 Å². The molecule has 4 fully saturated rings. The summed E-state index contributed by atoms with van der Waals surface area (Å²) in [6.07, 6.45) is 6.72. The minimum absolute atomic E-state index is 0.0461. The summed E-state index contributed by atoms with van der Waals surface area (Å²) in [7, 11) is 0. The van der Waals surface area contributed by atoms with Crippen molar-refractivity contribution in [3.63, 3.8) is 0 Å². The van der Waals surface area contributed by atoms with E-state index in [2.05, 4.69) is 51.7 Å². The lowest BCUT2D eigenvalue weighted by Gasteiger charge is -2.57. The molecule has 3 saturated heterocycles. The Morgan fingerprint density at radius 3 is 2.39 bits per heavy atom. The molecule has 330 valence electrons. The van der Waals surface area contributed by atoms with Gasteiger partial charge in [0.1, 0.15) is 30.3 Å². The number of piperidine rings is 2. The third kappa shape index (κ3) is 7.77. The minimum atomic E-state index is -1.29. The van der Waals surface area contributed by atoms with Gasteiger partial charge in [0.15, 0.2) is 0 Å². The zero-order valence-corrected chi connectivity index (χ0v) is 35.8. The number of hydrogen-bond donors (Lipinski definition) is 4. The molecule has 1 spiro atoms. The van der Waals surface area contributed by atoms with E-state index in [4.69, 9.17) is 11.6 Å². The highest BCUT2D eigenvalue weighted by Gasteiger charge is 2.48. The summed E-state index contributed by atoms with van der Waals surface area (Å²) >= 11 is 6.28. The van der Waals surface area contributed by atoms with Gasteiger partial charge in [-0.25, -0.2) is 15.0 Å². The number of carbonyl (C=O) groups is 4. The highest BCUT2D eigenvalue weighted by Crippen LogP contribution is 2.46. The zero-order valence-electron chi connectivity index (χ0n) is 35.0. The lowest BCUT2D eigenvalue weighted by atomic mass is 9.66. The number of nitrogens with zero attached hydrogens (tertiary/aromatic N) is 8. The predicted octanol–water partition coefficient (Wildman–Crippen LogP) is 4.68. The molecular weight excluding hydrogens is 841 g/mol. The number of imide groups is 1. The second-order valence-corrected chi connectivity index (χ2v) is 18.4. The van der Waals surface area contributed by atoms with E-state index in [9.17, 15) is 29.5 Å². The smallest absolute Gasteiger partial charge is 0.262 e. The van der Waals surface area contributed by atoms with Crippen LogP contribution in [0.25, 0.3) is 0 Å². The maximum Gasteiger partial charge on any atom is 0.262 e. The fraction of sp³-hybridized carbons (Fsp3) is 0.435. The topological polar surface area (TPSA) is 200 Å². The standard InChI is InChI=1S/C46H47ClFN11O5/c47-35-20-30(2-1-26(35)21-49)57-18-13-32-36(22-57)50-25-51-41(32)54-38-7-5-33(40(48)53-38)42(61)52-27-9-14-46(15-10-27)23-58(24-46)28-11-16-56(17-12-28)29-3-4-31-34(19-29)45(64)59(44(31)63)37-6-8-39(60)55-43(37)62/h1-5,7,19-20,25,27-28,37,43,62H,6,8-18,22-24H2,(H,52,61)(H,55,60)(H,50,51,53,54). The van der Waals surface area contributed by atoms with Crippen LogP contribution in [0.5, 0.6) is 0 Å². The van der Waals surface area contributed by atoms with Gasteiger partial charge in [0, 0.05) is 68.2 Å². The number of likely N-dealkylation sites (tertiary alicyclic amines) is 1. The van der Waals surface area contributed by atoms with Crippen molar-refractivity contribution >= 4 is 58.2 Å². The van der Waals surface area contributed by atoms with Crippen LogP contribution in [-0.4, -0.2) is 111 Å². The average Bonchev–Trinajstić information content (AvgIpc) is 3.53. The fourth-order valence-electron chi connectivity index (χ4n) is 10.6. The number of aromatic nitrogens is 3. The molecule has 5 aliphatic heterocycles. The SMILES string of the molecule is N#Cc1ccc(N2CCc3c(ncnc3Nc3ccc(C(=O)NC4CCC5(CC4)CN(C4CCN(c6ccc7c(c6)C(=O)N(C6CCC(=O)NC6O)C7=O)CC4)C5)c(F)n3)C2)cc1Cl. The van der Waals surface area contributed by atoms with Gasteiger partial charge in [0.2, 0.25) is 11.9 Å². The van der Waals surface area contributed by atoms with Gasteiger partial charge in [-0.3, -0.25) is 29.0 Å². The number of nitrogens with one attached hydrogen (secondary N) is 3. The van der Waals surface area contributed by atoms with Gasteiger partial charge in [-0.1, -0.05) is 11.6 Å². The Balaban J connectivity index is 0.680. The summed E-state index contributed by atoms with van der Waals surface area (Å²) in [6.45, 7) is 4.84. The van der Waals surface area contributed by atoms with Crippen LogP contribution in [0.15, 0.2) is 54.9 Å². The van der Waals surface area contributed by atoms with Crippen molar-refractivity contribution in [2.45, 2.75) is 88.7 Å². The molecule has 6 aliphatic rings. The van der Waals surface area contributed by atoms with Gasteiger partial charge in [-0.05, 0) is 105 Å². The van der Waals surface area contributed by atoms with E-state index in [1.807, 2.05) is 12.1 Å². The number of fused-ring (bicyclic) bond motifs is 2. The summed E-state index contributed by atoms with van der Waals surface area (Å²) < 4.78 is 15.4. The van der Waals surface area contributed by atoms with Crippen LogP contribution in [0.2, 0.25) is 5.02 Å². The first kappa shape index (κ1) is 41.8. The molecule has 4 N–H and O–H groups in total. The summed E-state index contributed by atoms with van der Waals surface area (Å²) in [6, 6.07) is 15.4. The fourth-order valence-corrected chi connectivity index (χ4v) is 10.8. The molecular formula is C46H47ClFN11O5. The van der Waals surface area contributed by atoms with Gasteiger partial charge in [0.25, 0.3) is 17.7 Å². The van der Waals surface area contributed by atoms with Crippen molar-refractivity contribution in [1.29, 1.82) is 5.26 Å². The number of nitriles is 1. The van der Waals surface area contributed by atoms with Crippen molar-refractivity contribution in [2.24, 2.45) is 5.41 Å². The largest absolute Gasteiger partial charge is 0.372 e. The third-order valence-corrected chi connectivity index (χ3v) is 14.5. The van der Waals surface area contributed by atoms with E-state index in [0.717, 1.165) is 92.2 Å². The predicted molar refractivity (Wildman–Crippen MR) is 234 cm³/mol. The van der Waals surface area contributed by atoms with Crippen molar-refractivity contribution in [3.05, 3.63) is 99.3 Å². The van der Waals surface area contributed by atoms with Crippen LogP contribution < -0.4 is 25.8 Å². The van der Waals surface area contributed by atoms with E-state index < -0.39 is 35.9 Å². The van der Waals surface area contributed by atoms with Gasteiger partial charge < -0.3 is 30.9 Å². The first-order chi connectivity index (χ1) is 31.0. The number of benzene rings is 2. The molecule has 2 aromatic carbocycles. The van der Waals surface area contributed by atoms with Crippen LogP contribution in [0, 0.1) is 22.7 Å². The number of pyridine rings is 1. The Kier molecular flexibility index (Phi) is 10.9. The monoisotopic (exact) mass is 887 g/mol. The Labute approximate surface area is 373 Å². The minimum Gasteiger partial charge on any atom is -0.372 e.